The van der Waals surface area contributed by atoms with Crippen LogP contribution in [0.15, 0.2) is 40.2 Å². The maximum absolute atomic E-state index is 11.5. The Morgan fingerprint density at radius 2 is 2.09 bits per heavy atom. The highest BCUT2D eigenvalue weighted by molar-refractivity contribution is 5.56. The van der Waals surface area contributed by atoms with Crippen molar-refractivity contribution in [1.82, 2.24) is 29.5 Å². The molecule has 33 heavy (non-hydrogen) atoms. The Labute approximate surface area is 188 Å². The van der Waals surface area contributed by atoms with E-state index < -0.39 is 5.69 Å². The zero-order valence-electron chi connectivity index (χ0n) is 18.3. The Kier molecular flexibility index (Phi) is 5.29. The van der Waals surface area contributed by atoms with Gasteiger partial charge in [-0.05, 0) is 44.9 Å². The highest BCUT2D eigenvalue weighted by Gasteiger charge is 2.21. The number of aromatic hydroxyl groups is 1. The molecule has 11 heteroatoms. The van der Waals surface area contributed by atoms with Crippen LogP contribution in [0.4, 0.5) is 5.69 Å². The zero-order chi connectivity index (χ0) is 22.9. The topological polar surface area (TPSA) is 137 Å². The summed E-state index contributed by atoms with van der Waals surface area (Å²) in [4.78, 5) is 32.2. The van der Waals surface area contributed by atoms with Gasteiger partial charge in [-0.3, -0.25) is 4.98 Å². The van der Waals surface area contributed by atoms with Crippen molar-refractivity contribution in [2.45, 2.75) is 32.7 Å². The second kappa shape index (κ2) is 8.41. The molecule has 3 aromatic heterocycles. The fourth-order valence-corrected chi connectivity index (χ4v) is 3.54. The Morgan fingerprint density at radius 3 is 2.79 bits per heavy atom. The number of aromatic nitrogens is 6. The standard InChI is InChI=1S/C22H24N8O3/c1-3-29(4-2)15-6-5-7-16(11-15)33-22-26-18-13(10-17-19(31)27-21(32)25-17)12-23-30(18)20(28-22)24-14-8-9-14/h5-7,10-12,14,31H,3-4,8-9H2,1-2H3,(H2,25,27,32)/b13-10+,24-20?. The number of aromatic amines is 2. The summed E-state index contributed by atoms with van der Waals surface area (Å²) in [6.45, 7) is 5.98. The molecule has 0 saturated heterocycles. The fraction of sp³-hybridized carbons (Fsp3) is 0.318. The lowest BCUT2D eigenvalue weighted by Gasteiger charge is -2.21. The van der Waals surface area contributed by atoms with Crippen LogP contribution in [0.2, 0.25) is 0 Å². The van der Waals surface area contributed by atoms with Gasteiger partial charge in [0.2, 0.25) is 5.88 Å². The van der Waals surface area contributed by atoms with E-state index in [1.807, 2.05) is 24.3 Å². The Bertz CT molecular complexity index is 1480. The summed E-state index contributed by atoms with van der Waals surface area (Å²) in [5.74, 6) is 0.347. The molecule has 0 atom stereocenters. The maximum Gasteiger partial charge on any atom is 0.327 e. The molecule has 1 saturated carbocycles. The highest BCUT2D eigenvalue weighted by Crippen LogP contribution is 2.24. The van der Waals surface area contributed by atoms with E-state index in [9.17, 15) is 9.90 Å². The van der Waals surface area contributed by atoms with Crippen molar-refractivity contribution in [3.05, 3.63) is 57.5 Å². The largest absolute Gasteiger partial charge is 0.493 e. The molecule has 3 N–H and O–H groups in total. The first-order valence-electron chi connectivity index (χ1n) is 10.9. The minimum Gasteiger partial charge on any atom is -0.493 e. The lowest BCUT2D eigenvalue weighted by atomic mass is 10.2. The normalized spacial score (nSPS) is 14.8. The number of hydrogen-bond donors (Lipinski definition) is 3. The third kappa shape index (κ3) is 4.29. The SMILES string of the molecule is CCN(CC)c1cccc(Oc2nc(=NC3CC3)n3nc/c(=C\c4[nH]c(=O)[nH]c4O)c3n2)c1. The van der Waals surface area contributed by atoms with Gasteiger partial charge in [0.1, 0.15) is 11.4 Å². The van der Waals surface area contributed by atoms with Gasteiger partial charge in [0, 0.05) is 30.1 Å². The third-order valence-electron chi connectivity index (χ3n) is 5.39. The van der Waals surface area contributed by atoms with Crippen molar-refractivity contribution in [1.29, 1.82) is 0 Å². The number of rotatable bonds is 7. The summed E-state index contributed by atoms with van der Waals surface area (Å²) in [6.07, 6.45) is 5.17. The third-order valence-corrected chi connectivity index (χ3v) is 5.39. The summed E-state index contributed by atoms with van der Waals surface area (Å²) in [5, 5.41) is 14.8. The summed E-state index contributed by atoms with van der Waals surface area (Å²) in [5.41, 5.74) is 1.60. The van der Waals surface area contributed by atoms with Crippen molar-refractivity contribution in [3.63, 3.8) is 0 Å². The molecule has 170 valence electrons. The molecule has 4 aromatic rings. The van der Waals surface area contributed by atoms with Gasteiger partial charge < -0.3 is 19.7 Å². The van der Waals surface area contributed by atoms with Gasteiger partial charge in [-0.25, -0.2) is 9.79 Å². The average Bonchev–Trinajstić information content (AvgIpc) is 3.43. The van der Waals surface area contributed by atoms with E-state index in [-0.39, 0.29) is 23.6 Å². The Balaban J connectivity index is 1.61. The number of H-pyrrole nitrogens is 2. The van der Waals surface area contributed by atoms with Crippen LogP contribution in [0.1, 0.15) is 32.4 Å². The van der Waals surface area contributed by atoms with Crippen LogP contribution in [-0.2, 0) is 0 Å². The first-order valence-corrected chi connectivity index (χ1v) is 10.9. The number of nitrogens with one attached hydrogen (secondary N) is 2. The molecule has 0 spiro atoms. The van der Waals surface area contributed by atoms with Crippen molar-refractivity contribution in [3.8, 4) is 17.6 Å². The fourth-order valence-electron chi connectivity index (χ4n) is 3.54. The minimum atomic E-state index is -0.508. The second-order valence-corrected chi connectivity index (χ2v) is 7.76. The van der Waals surface area contributed by atoms with Crippen molar-refractivity contribution in [2.24, 2.45) is 4.99 Å². The number of hydrogen-bond acceptors (Lipinski definition) is 8. The lowest BCUT2D eigenvalue weighted by molar-refractivity contribution is 0.435. The minimum absolute atomic E-state index is 0.139. The van der Waals surface area contributed by atoms with Crippen LogP contribution in [0.25, 0.3) is 11.7 Å². The predicted octanol–water partition coefficient (Wildman–Crippen LogP) is 1.10. The molecule has 3 heterocycles. The molecule has 5 rings (SSSR count). The summed E-state index contributed by atoms with van der Waals surface area (Å²) < 4.78 is 7.57. The molecule has 0 aliphatic heterocycles. The maximum atomic E-state index is 11.5. The molecule has 0 radical (unpaired) electrons. The molecule has 1 aliphatic rings. The highest BCUT2D eigenvalue weighted by atomic mass is 16.5. The van der Waals surface area contributed by atoms with Gasteiger partial charge in [0.15, 0.2) is 5.65 Å². The van der Waals surface area contributed by atoms with Gasteiger partial charge in [-0.1, -0.05) is 6.07 Å². The van der Waals surface area contributed by atoms with Crippen LogP contribution >= 0.6 is 0 Å². The first-order chi connectivity index (χ1) is 16.0. The number of benzene rings is 1. The molecule has 1 aliphatic carbocycles. The summed E-state index contributed by atoms with van der Waals surface area (Å²) >= 11 is 0. The van der Waals surface area contributed by atoms with Crippen molar-refractivity contribution >= 4 is 17.4 Å². The number of fused-ring (bicyclic) bond motifs is 1. The van der Waals surface area contributed by atoms with E-state index in [1.54, 1.807) is 12.3 Å². The first kappa shape index (κ1) is 20.7. The molecule has 11 nitrogen and oxygen atoms in total. The molecule has 0 unspecified atom stereocenters. The van der Waals surface area contributed by atoms with E-state index in [2.05, 4.69) is 48.8 Å². The number of nitrogens with zero attached hydrogens (tertiary/aromatic N) is 6. The van der Waals surface area contributed by atoms with E-state index >= 15 is 0 Å². The number of imidazole rings is 1. The Morgan fingerprint density at radius 1 is 1.27 bits per heavy atom. The molecule has 1 fully saturated rings. The summed E-state index contributed by atoms with van der Waals surface area (Å²) in [7, 11) is 0. The number of ether oxygens (including phenoxy) is 1. The smallest absolute Gasteiger partial charge is 0.327 e. The van der Waals surface area contributed by atoms with Gasteiger partial charge in [-0.15, -0.1) is 0 Å². The van der Waals surface area contributed by atoms with Crippen LogP contribution < -0.4 is 26.2 Å². The van der Waals surface area contributed by atoms with Gasteiger partial charge in [-0.2, -0.15) is 19.6 Å². The monoisotopic (exact) mass is 448 g/mol. The van der Waals surface area contributed by atoms with E-state index in [1.165, 1.54) is 4.52 Å². The number of anilines is 1. The van der Waals surface area contributed by atoms with Crippen LogP contribution in [0, 0.1) is 0 Å². The van der Waals surface area contributed by atoms with Gasteiger partial charge in [0.05, 0.1) is 12.2 Å². The molecule has 0 amide bonds. The average molecular weight is 448 g/mol. The van der Waals surface area contributed by atoms with Crippen LogP contribution in [0.5, 0.6) is 17.6 Å². The second-order valence-electron chi connectivity index (χ2n) is 7.76. The predicted molar refractivity (Wildman–Crippen MR) is 121 cm³/mol. The van der Waals surface area contributed by atoms with Crippen molar-refractivity contribution < 1.29 is 9.84 Å². The van der Waals surface area contributed by atoms with E-state index in [0.29, 0.717) is 22.2 Å². The molecule has 1 aromatic carbocycles. The summed E-state index contributed by atoms with van der Waals surface area (Å²) in [6, 6.07) is 8.12. The van der Waals surface area contributed by atoms with Gasteiger partial charge in [0.25, 0.3) is 5.62 Å². The molecular formula is C22H24N8O3. The Hall–Kier alpha value is -4.15. The van der Waals surface area contributed by atoms with Gasteiger partial charge >= 0.3 is 11.7 Å². The van der Waals surface area contributed by atoms with E-state index in [0.717, 1.165) is 31.6 Å². The quantitative estimate of drug-likeness (QED) is 0.385. The van der Waals surface area contributed by atoms with Crippen LogP contribution in [-0.4, -0.2) is 53.8 Å². The lowest BCUT2D eigenvalue weighted by Crippen LogP contribution is -2.23. The van der Waals surface area contributed by atoms with Crippen molar-refractivity contribution in [2.75, 3.05) is 18.0 Å². The zero-order valence-corrected chi connectivity index (χ0v) is 18.3. The van der Waals surface area contributed by atoms with Crippen LogP contribution in [0.3, 0.4) is 0 Å². The molecule has 0 bridgehead atoms. The molecular weight excluding hydrogens is 424 g/mol. The van der Waals surface area contributed by atoms with E-state index in [4.69, 9.17) is 4.74 Å².